The fraction of sp³-hybridized carbons (Fsp3) is 0.579. The normalized spacial score (nSPS) is 20.9. The number of halogens is 1. The Morgan fingerprint density at radius 1 is 0.960 bits per heavy atom. The van der Waals surface area contributed by atoms with Gasteiger partial charge < -0.3 is 15.5 Å². The summed E-state index contributed by atoms with van der Waals surface area (Å²) in [7, 11) is 0. The van der Waals surface area contributed by atoms with Crippen LogP contribution in [0.5, 0.6) is 0 Å². The fourth-order valence-corrected chi connectivity index (χ4v) is 3.84. The van der Waals surface area contributed by atoms with Gasteiger partial charge in [0.05, 0.1) is 5.54 Å². The average Bonchev–Trinajstić information content (AvgIpc) is 2.87. The minimum Gasteiger partial charge on any atom is -0.339 e. The molecule has 0 radical (unpaired) electrons. The zero-order valence-electron chi connectivity index (χ0n) is 14.5. The van der Waals surface area contributed by atoms with Crippen molar-refractivity contribution in [3.63, 3.8) is 0 Å². The lowest BCUT2D eigenvalue weighted by atomic mass is 9.81. The minimum atomic E-state index is -0.736. The van der Waals surface area contributed by atoms with E-state index in [-0.39, 0.29) is 11.8 Å². The predicted octanol–water partition coefficient (Wildman–Crippen LogP) is 2.16. The molecule has 1 aliphatic heterocycles. The number of carbonyl (C=O) groups excluding carboxylic acids is 2. The molecule has 0 spiro atoms. The van der Waals surface area contributed by atoms with Crippen molar-refractivity contribution in [2.75, 3.05) is 26.2 Å². The molecule has 1 saturated heterocycles. The zero-order chi connectivity index (χ0) is 17.9. The highest BCUT2D eigenvalue weighted by molar-refractivity contribution is 5.94. The van der Waals surface area contributed by atoms with E-state index in [2.05, 4.69) is 0 Å². The molecule has 5 nitrogen and oxygen atoms in total. The summed E-state index contributed by atoms with van der Waals surface area (Å²) in [6.07, 6.45) is 5.34. The van der Waals surface area contributed by atoms with Crippen LogP contribution in [0, 0.1) is 5.82 Å². The molecule has 0 aromatic heterocycles. The summed E-state index contributed by atoms with van der Waals surface area (Å²) in [6, 6.07) is 5.74. The Bertz CT molecular complexity index is 643. The van der Waals surface area contributed by atoms with Crippen LogP contribution >= 0.6 is 0 Å². The molecule has 2 N–H and O–H groups in total. The molecule has 1 aromatic carbocycles. The third-order valence-electron chi connectivity index (χ3n) is 5.31. The Balaban J connectivity index is 1.64. The molecule has 0 atom stereocenters. The Morgan fingerprint density at radius 2 is 1.64 bits per heavy atom. The standard InChI is InChI=1S/C19H26FN3O2/c20-16-7-4-6-15(14-16)17(24)22-10-5-11-23(13-12-22)18(25)19(21)8-2-1-3-9-19/h4,6-7,14H,1-3,5,8-13,21H2. The molecule has 1 saturated carbocycles. The third kappa shape index (κ3) is 4.00. The van der Waals surface area contributed by atoms with Crippen LogP contribution in [-0.2, 0) is 4.79 Å². The van der Waals surface area contributed by atoms with Crippen molar-refractivity contribution in [2.24, 2.45) is 5.73 Å². The van der Waals surface area contributed by atoms with Crippen LogP contribution < -0.4 is 5.73 Å². The van der Waals surface area contributed by atoms with Gasteiger partial charge in [-0.15, -0.1) is 0 Å². The fourth-order valence-electron chi connectivity index (χ4n) is 3.84. The molecule has 2 aliphatic rings. The van der Waals surface area contributed by atoms with Crippen molar-refractivity contribution in [1.82, 2.24) is 9.80 Å². The molecule has 0 unspecified atom stereocenters. The van der Waals surface area contributed by atoms with Crippen LogP contribution in [0.2, 0.25) is 0 Å². The first-order chi connectivity index (χ1) is 12.0. The van der Waals surface area contributed by atoms with Crippen molar-refractivity contribution in [1.29, 1.82) is 0 Å². The van der Waals surface area contributed by atoms with E-state index in [0.29, 0.717) is 38.2 Å². The highest BCUT2D eigenvalue weighted by atomic mass is 19.1. The van der Waals surface area contributed by atoms with Crippen molar-refractivity contribution in [3.05, 3.63) is 35.6 Å². The number of nitrogens with zero attached hydrogens (tertiary/aromatic N) is 2. The Kier molecular flexibility index (Phi) is 5.37. The van der Waals surface area contributed by atoms with Gasteiger partial charge >= 0.3 is 0 Å². The summed E-state index contributed by atoms with van der Waals surface area (Å²) >= 11 is 0. The van der Waals surface area contributed by atoms with Gasteiger partial charge in [0, 0.05) is 31.7 Å². The van der Waals surface area contributed by atoms with Crippen molar-refractivity contribution in [3.8, 4) is 0 Å². The van der Waals surface area contributed by atoms with Gasteiger partial charge in [0.2, 0.25) is 5.91 Å². The van der Waals surface area contributed by atoms with E-state index in [1.807, 2.05) is 4.90 Å². The molecular weight excluding hydrogens is 321 g/mol. The van der Waals surface area contributed by atoms with Gasteiger partial charge in [-0.2, -0.15) is 0 Å². The maximum Gasteiger partial charge on any atom is 0.254 e. The van der Waals surface area contributed by atoms with Gasteiger partial charge in [0.25, 0.3) is 5.91 Å². The van der Waals surface area contributed by atoms with Gasteiger partial charge in [-0.3, -0.25) is 9.59 Å². The topological polar surface area (TPSA) is 66.6 Å². The second-order valence-corrected chi connectivity index (χ2v) is 7.17. The van der Waals surface area contributed by atoms with Gasteiger partial charge in [0.1, 0.15) is 5.82 Å². The first kappa shape index (κ1) is 17.9. The molecule has 136 valence electrons. The maximum atomic E-state index is 13.4. The van der Waals surface area contributed by atoms with Gasteiger partial charge in [0.15, 0.2) is 0 Å². The van der Waals surface area contributed by atoms with E-state index in [1.165, 1.54) is 18.2 Å². The third-order valence-corrected chi connectivity index (χ3v) is 5.31. The molecule has 3 rings (SSSR count). The second kappa shape index (κ2) is 7.52. The van der Waals surface area contributed by atoms with Crippen LogP contribution in [0.4, 0.5) is 4.39 Å². The van der Waals surface area contributed by atoms with E-state index < -0.39 is 11.4 Å². The number of carbonyl (C=O) groups is 2. The van der Waals surface area contributed by atoms with Crippen LogP contribution in [0.15, 0.2) is 24.3 Å². The first-order valence-electron chi connectivity index (χ1n) is 9.13. The number of benzene rings is 1. The number of hydrogen-bond donors (Lipinski definition) is 1. The molecule has 6 heteroatoms. The summed E-state index contributed by atoms with van der Waals surface area (Å²) in [5.74, 6) is -0.582. The van der Waals surface area contributed by atoms with E-state index in [1.54, 1.807) is 11.0 Å². The number of amides is 2. The highest BCUT2D eigenvalue weighted by Crippen LogP contribution is 2.28. The lowest BCUT2D eigenvalue weighted by Gasteiger charge is -2.36. The molecule has 1 heterocycles. The number of rotatable bonds is 2. The monoisotopic (exact) mass is 347 g/mol. The number of nitrogens with two attached hydrogens (primary N) is 1. The summed E-state index contributed by atoms with van der Waals surface area (Å²) in [4.78, 5) is 29.0. The summed E-state index contributed by atoms with van der Waals surface area (Å²) in [5, 5.41) is 0. The van der Waals surface area contributed by atoms with E-state index in [9.17, 15) is 14.0 Å². The largest absolute Gasteiger partial charge is 0.339 e. The molecule has 0 bridgehead atoms. The average molecular weight is 347 g/mol. The Morgan fingerprint density at radius 3 is 2.36 bits per heavy atom. The molecular formula is C19H26FN3O2. The van der Waals surface area contributed by atoms with Crippen molar-refractivity contribution in [2.45, 2.75) is 44.1 Å². The highest BCUT2D eigenvalue weighted by Gasteiger charge is 2.38. The summed E-state index contributed by atoms with van der Waals surface area (Å²) in [6.45, 7) is 2.12. The van der Waals surface area contributed by atoms with Gasteiger partial charge in [-0.1, -0.05) is 25.3 Å². The lowest BCUT2D eigenvalue weighted by Crippen LogP contribution is -2.56. The maximum absolute atomic E-state index is 13.4. The van der Waals surface area contributed by atoms with E-state index in [0.717, 1.165) is 32.1 Å². The summed E-state index contributed by atoms with van der Waals surface area (Å²) < 4.78 is 13.4. The Labute approximate surface area is 148 Å². The van der Waals surface area contributed by atoms with Gasteiger partial charge in [-0.25, -0.2) is 4.39 Å². The van der Waals surface area contributed by atoms with Crippen LogP contribution in [0.3, 0.4) is 0 Å². The van der Waals surface area contributed by atoms with Crippen molar-refractivity contribution >= 4 is 11.8 Å². The smallest absolute Gasteiger partial charge is 0.254 e. The minimum absolute atomic E-state index is 0.0206. The molecule has 1 aromatic rings. The molecule has 2 fully saturated rings. The van der Waals surface area contributed by atoms with Gasteiger partial charge in [-0.05, 0) is 37.5 Å². The molecule has 2 amide bonds. The second-order valence-electron chi connectivity index (χ2n) is 7.17. The Hall–Kier alpha value is -1.95. The van der Waals surface area contributed by atoms with Crippen molar-refractivity contribution < 1.29 is 14.0 Å². The van der Waals surface area contributed by atoms with Crippen LogP contribution in [0.25, 0.3) is 0 Å². The zero-order valence-corrected chi connectivity index (χ0v) is 14.5. The lowest BCUT2D eigenvalue weighted by molar-refractivity contribution is -0.138. The first-order valence-corrected chi connectivity index (χ1v) is 9.13. The SMILES string of the molecule is NC1(C(=O)N2CCCN(C(=O)c3cccc(F)c3)CC2)CCCCC1. The van der Waals surface area contributed by atoms with E-state index >= 15 is 0 Å². The van der Waals surface area contributed by atoms with E-state index in [4.69, 9.17) is 5.73 Å². The van der Waals surface area contributed by atoms with Crippen LogP contribution in [-0.4, -0.2) is 53.3 Å². The quantitative estimate of drug-likeness (QED) is 0.891. The number of hydrogen-bond acceptors (Lipinski definition) is 3. The van der Waals surface area contributed by atoms with Crippen LogP contribution in [0.1, 0.15) is 48.9 Å². The molecule has 1 aliphatic carbocycles. The predicted molar refractivity (Wildman–Crippen MR) is 93.5 cm³/mol. The summed E-state index contributed by atoms with van der Waals surface area (Å²) in [5.41, 5.74) is 5.99. The molecule has 25 heavy (non-hydrogen) atoms.